The Kier molecular flexibility index (Phi) is 9.16. The molecule has 1 atom stereocenters. The van der Waals surface area contributed by atoms with Gasteiger partial charge in [0.1, 0.15) is 5.69 Å². The number of rotatable bonds is 9. The van der Waals surface area contributed by atoms with E-state index in [0.29, 0.717) is 6.01 Å². The van der Waals surface area contributed by atoms with Gasteiger partial charge >= 0.3 is 35.6 Å². The van der Waals surface area contributed by atoms with Crippen LogP contribution in [0.3, 0.4) is 0 Å². The molecule has 4 aromatic rings. The summed E-state index contributed by atoms with van der Waals surface area (Å²) >= 11 is 0. The van der Waals surface area contributed by atoms with E-state index in [1.54, 1.807) is 0 Å². The molecule has 0 N–H and O–H groups in total. The Hall–Kier alpha value is -2.33. The predicted molar refractivity (Wildman–Crippen MR) is 136 cm³/mol. The molecule has 0 radical (unpaired) electrons. The van der Waals surface area contributed by atoms with Gasteiger partial charge in [0.05, 0.1) is 17.5 Å². The van der Waals surface area contributed by atoms with Gasteiger partial charge in [0.2, 0.25) is 0 Å². The zero-order valence-corrected chi connectivity index (χ0v) is 18.4. The van der Waals surface area contributed by atoms with Gasteiger partial charge in [0.25, 0.3) is 0 Å². The first kappa shape index (κ1) is 24.3. The number of ether oxygens (including phenoxy) is 1. The molecule has 0 saturated carbocycles. The van der Waals surface area contributed by atoms with E-state index in [4.69, 9.17) is 9.72 Å². The minimum atomic E-state index is 0. The van der Waals surface area contributed by atoms with E-state index >= 15 is 0 Å². The van der Waals surface area contributed by atoms with Crippen molar-refractivity contribution in [3.8, 4) is 34.2 Å². The molecule has 0 saturated heterocycles. The van der Waals surface area contributed by atoms with E-state index in [9.17, 15) is 0 Å². The molecule has 0 bridgehead atoms. The molecule has 0 spiro atoms. The van der Waals surface area contributed by atoms with Crippen LogP contribution in [-0.2, 0) is 0 Å². The van der Waals surface area contributed by atoms with Crippen LogP contribution in [0.4, 0.5) is 0 Å². The number of benzene rings is 3. The van der Waals surface area contributed by atoms with Crippen molar-refractivity contribution in [3.63, 3.8) is 0 Å². The third-order valence-corrected chi connectivity index (χ3v) is 5.48. The van der Waals surface area contributed by atoms with Gasteiger partial charge in [-0.25, -0.2) is 0 Å². The van der Waals surface area contributed by atoms with Gasteiger partial charge in [-0.05, 0) is 31.9 Å². The van der Waals surface area contributed by atoms with E-state index in [0.717, 1.165) is 34.6 Å². The molecule has 0 aliphatic heterocycles. The van der Waals surface area contributed by atoms with Gasteiger partial charge in [-0.2, -0.15) is 4.98 Å². The number of unbranched alkanes of at least 4 members (excludes halogenated alkanes) is 2. The van der Waals surface area contributed by atoms with E-state index in [-0.39, 0.29) is 35.7 Å². The van der Waals surface area contributed by atoms with Crippen LogP contribution in [0.25, 0.3) is 28.2 Å². The van der Waals surface area contributed by atoms with Crippen LogP contribution in [-0.4, -0.2) is 45.2 Å². The first-order chi connectivity index (χ1) is 15.3. The van der Waals surface area contributed by atoms with E-state index < -0.39 is 0 Å². The number of aromatic nitrogens is 2. The standard InChI is InChI=1S/C28H30N2O.Na.H/c1-3-4-8-15-22(2)31-28-29-26(23-16-9-5-10-17-23)27(24-18-11-6-12-19-24)30(28)25-20-13-7-14-21-25;;/h5-7,9-14,16-22H,3-4,8,15H2,1-2H3;;. The van der Waals surface area contributed by atoms with Gasteiger partial charge in [-0.1, -0.05) is 98.6 Å². The zero-order valence-electron chi connectivity index (χ0n) is 18.4. The Morgan fingerprint density at radius 1 is 0.781 bits per heavy atom. The molecule has 0 amide bonds. The number of hydrogen-bond donors (Lipinski definition) is 0. The second-order valence-corrected chi connectivity index (χ2v) is 7.92. The van der Waals surface area contributed by atoms with Crippen molar-refractivity contribution < 1.29 is 4.74 Å². The van der Waals surface area contributed by atoms with Crippen molar-refractivity contribution in [2.75, 3.05) is 0 Å². The van der Waals surface area contributed by atoms with Gasteiger partial charge in [-0.3, -0.25) is 4.57 Å². The second-order valence-electron chi connectivity index (χ2n) is 7.92. The van der Waals surface area contributed by atoms with E-state index in [2.05, 4.69) is 91.2 Å². The fourth-order valence-electron chi connectivity index (χ4n) is 3.88. The molecule has 0 fully saturated rings. The summed E-state index contributed by atoms with van der Waals surface area (Å²) in [6.07, 6.45) is 4.73. The number of imidazole rings is 1. The van der Waals surface area contributed by atoms with Gasteiger partial charge in [0.15, 0.2) is 0 Å². The molecule has 3 aromatic carbocycles. The molecule has 160 valence electrons. The SMILES string of the molecule is CCCCCC(C)Oc1nc(-c2ccccc2)c(-c2ccccc2)n1-c1ccccc1.[NaH]. The van der Waals surface area contributed by atoms with Crippen molar-refractivity contribution in [1.82, 2.24) is 9.55 Å². The summed E-state index contributed by atoms with van der Waals surface area (Å²) in [7, 11) is 0. The van der Waals surface area contributed by atoms with Crippen LogP contribution < -0.4 is 4.74 Å². The van der Waals surface area contributed by atoms with E-state index in [1.807, 2.05) is 18.2 Å². The van der Waals surface area contributed by atoms with Crippen molar-refractivity contribution in [3.05, 3.63) is 91.0 Å². The monoisotopic (exact) mass is 434 g/mol. The average molecular weight is 435 g/mol. The third-order valence-electron chi connectivity index (χ3n) is 5.48. The van der Waals surface area contributed by atoms with Gasteiger partial charge < -0.3 is 4.74 Å². The van der Waals surface area contributed by atoms with Crippen LogP contribution in [0, 0.1) is 0 Å². The second kappa shape index (κ2) is 12.1. The molecule has 1 aromatic heterocycles. The van der Waals surface area contributed by atoms with Crippen LogP contribution in [0.2, 0.25) is 0 Å². The molecule has 4 heteroatoms. The van der Waals surface area contributed by atoms with Crippen LogP contribution in [0.1, 0.15) is 39.5 Å². The normalized spacial score (nSPS) is 11.6. The Bertz CT molecular complexity index is 1080. The quantitative estimate of drug-likeness (QED) is 0.211. The molecular formula is C28H31N2NaO. The Balaban J connectivity index is 0.00000289. The third kappa shape index (κ3) is 5.72. The van der Waals surface area contributed by atoms with Crippen molar-refractivity contribution >= 4 is 29.6 Å². The zero-order chi connectivity index (χ0) is 21.5. The summed E-state index contributed by atoms with van der Waals surface area (Å²) in [4.78, 5) is 5.04. The summed E-state index contributed by atoms with van der Waals surface area (Å²) < 4.78 is 8.62. The molecule has 4 rings (SSSR count). The summed E-state index contributed by atoms with van der Waals surface area (Å²) in [5, 5.41) is 0. The summed E-state index contributed by atoms with van der Waals surface area (Å²) in [5.74, 6) is 0. The summed E-state index contributed by atoms with van der Waals surface area (Å²) in [6, 6.07) is 31.8. The van der Waals surface area contributed by atoms with E-state index in [1.165, 1.54) is 19.3 Å². The van der Waals surface area contributed by atoms with Crippen molar-refractivity contribution in [2.45, 2.75) is 45.6 Å². The fourth-order valence-corrected chi connectivity index (χ4v) is 3.88. The van der Waals surface area contributed by atoms with Crippen LogP contribution in [0.15, 0.2) is 91.0 Å². The maximum absolute atomic E-state index is 6.46. The summed E-state index contributed by atoms with van der Waals surface area (Å²) in [5.41, 5.74) is 5.23. The van der Waals surface area contributed by atoms with Crippen LogP contribution >= 0.6 is 0 Å². The summed E-state index contributed by atoms with van der Waals surface area (Å²) in [6.45, 7) is 4.37. The fraction of sp³-hybridized carbons (Fsp3) is 0.250. The molecule has 0 aliphatic rings. The first-order valence-electron chi connectivity index (χ1n) is 11.2. The van der Waals surface area contributed by atoms with Crippen molar-refractivity contribution in [1.29, 1.82) is 0 Å². The topological polar surface area (TPSA) is 27.1 Å². The molecule has 1 heterocycles. The molecule has 32 heavy (non-hydrogen) atoms. The first-order valence-corrected chi connectivity index (χ1v) is 11.2. The number of para-hydroxylation sites is 1. The molecule has 3 nitrogen and oxygen atoms in total. The Labute approximate surface area is 213 Å². The van der Waals surface area contributed by atoms with Crippen LogP contribution in [0.5, 0.6) is 6.01 Å². The molecule has 1 unspecified atom stereocenters. The Morgan fingerprint density at radius 2 is 1.34 bits per heavy atom. The predicted octanol–water partition coefficient (Wildman–Crippen LogP) is 6.91. The minimum absolute atomic E-state index is 0. The number of nitrogens with zero attached hydrogens (tertiary/aromatic N) is 2. The maximum atomic E-state index is 6.46. The molecular weight excluding hydrogens is 403 g/mol. The van der Waals surface area contributed by atoms with Gasteiger partial charge in [0, 0.05) is 11.1 Å². The van der Waals surface area contributed by atoms with Crippen molar-refractivity contribution in [2.24, 2.45) is 0 Å². The Morgan fingerprint density at radius 3 is 1.94 bits per heavy atom. The van der Waals surface area contributed by atoms with Gasteiger partial charge in [-0.15, -0.1) is 0 Å². The molecule has 0 aliphatic carbocycles. The average Bonchev–Trinajstić information content (AvgIpc) is 3.20. The number of hydrogen-bond acceptors (Lipinski definition) is 2.